The summed E-state index contributed by atoms with van der Waals surface area (Å²) in [5, 5.41) is 17.6. The highest BCUT2D eigenvalue weighted by Crippen LogP contribution is 2.33. The molecule has 0 aliphatic rings. The largest absolute Gasteiger partial charge is 0.389 e. The molecule has 0 spiro atoms. The average molecular weight is 519 g/mol. The molecule has 5 nitrogen and oxygen atoms in total. The molecular weight excluding hydrogens is 498 g/mol. The van der Waals surface area contributed by atoms with E-state index in [0.29, 0.717) is 24.3 Å². The summed E-state index contributed by atoms with van der Waals surface area (Å²) in [6.07, 6.45) is -0.654. The van der Waals surface area contributed by atoms with Crippen LogP contribution in [-0.2, 0) is 13.1 Å². The van der Waals surface area contributed by atoms with Crippen molar-refractivity contribution < 1.29 is 9.90 Å². The van der Waals surface area contributed by atoms with Gasteiger partial charge in [0, 0.05) is 36.4 Å². The summed E-state index contributed by atoms with van der Waals surface area (Å²) in [6, 6.07) is 12.4. The highest BCUT2D eigenvalue weighted by Gasteiger charge is 2.19. The van der Waals surface area contributed by atoms with E-state index in [1.807, 2.05) is 26.0 Å². The van der Waals surface area contributed by atoms with Crippen LogP contribution >= 0.6 is 31.9 Å². The smallest absolute Gasteiger partial charge is 0.163 e. The number of nitrogens with zero attached hydrogens (tertiary/aromatic N) is 3. The molecule has 0 bridgehead atoms. The molecule has 0 unspecified atom stereocenters. The first-order chi connectivity index (χ1) is 13.8. The number of rotatable bonds is 5. The first kappa shape index (κ1) is 20.3. The van der Waals surface area contributed by atoms with Crippen LogP contribution in [-0.4, -0.2) is 31.3 Å². The maximum absolute atomic E-state index is 11.9. The Balaban J connectivity index is 1.72. The minimum absolute atomic E-state index is 0.000656. The summed E-state index contributed by atoms with van der Waals surface area (Å²) >= 11 is 7.12. The lowest BCUT2D eigenvalue weighted by Crippen LogP contribution is -2.23. The van der Waals surface area contributed by atoms with E-state index in [9.17, 15) is 9.90 Å². The maximum atomic E-state index is 11.9. The number of benzene rings is 2. The number of aliphatic hydroxyl groups excluding tert-OH is 1. The van der Waals surface area contributed by atoms with Crippen LogP contribution in [0.3, 0.4) is 0 Å². The Labute approximate surface area is 185 Å². The van der Waals surface area contributed by atoms with Crippen LogP contribution < -0.4 is 0 Å². The van der Waals surface area contributed by atoms with Crippen LogP contribution in [0.5, 0.6) is 0 Å². The molecular formula is C22H21Br2N3O2. The molecule has 0 aliphatic carbocycles. The van der Waals surface area contributed by atoms with Gasteiger partial charge in [0.25, 0.3) is 0 Å². The summed E-state index contributed by atoms with van der Waals surface area (Å²) < 4.78 is 5.91. The van der Waals surface area contributed by atoms with Crippen molar-refractivity contribution in [2.75, 3.05) is 0 Å². The molecule has 4 rings (SSSR count). The number of hydrogen-bond acceptors (Lipinski definition) is 3. The Hall–Kier alpha value is -1.96. The molecule has 1 atom stereocenters. The van der Waals surface area contributed by atoms with Gasteiger partial charge in [-0.05, 0) is 57.2 Å². The van der Waals surface area contributed by atoms with E-state index >= 15 is 0 Å². The third kappa shape index (κ3) is 3.67. The van der Waals surface area contributed by atoms with Crippen LogP contribution in [0.1, 0.15) is 28.7 Å². The normalized spacial score (nSPS) is 12.8. The van der Waals surface area contributed by atoms with E-state index in [2.05, 4.69) is 65.8 Å². The van der Waals surface area contributed by atoms with E-state index in [0.717, 1.165) is 36.4 Å². The number of carbonyl (C=O) groups excluding carboxylic acids is 1. The van der Waals surface area contributed by atoms with E-state index < -0.39 is 6.10 Å². The zero-order chi connectivity index (χ0) is 20.9. The van der Waals surface area contributed by atoms with Crippen molar-refractivity contribution in [1.29, 1.82) is 0 Å². The number of halogens is 2. The predicted molar refractivity (Wildman–Crippen MR) is 123 cm³/mol. The number of aliphatic hydroxyl groups is 1. The van der Waals surface area contributed by atoms with Crippen LogP contribution in [0, 0.1) is 13.8 Å². The molecule has 2 aromatic heterocycles. The monoisotopic (exact) mass is 517 g/mol. The van der Waals surface area contributed by atoms with Gasteiger partial charge in [-0.25, -0.2) is 0 Å². The Morgan fingerprint density at radius 1 is 1.03 bits per heavy atom. The SMILES string of the molecule is CC(=O)c1c(C)nn(C[C@H](O)Cn2c3ccc(Br)cc3c3cc(Br)ccc32)c1C. The molecule has 1 N–H and O–H groups in total. The number of aryl methyl sites for hydroxylation is 1. The van der Waals surface area contributed by atoms with E-state index in [4.69, 9.17) is 0 Å². The van der Waals surface area contributed by atoms with Gasteiger partial charge in [0.05, 0.1) is 30.5 Å². The van der Waals surface area contributed by atoms with Gasteiger partial charge in [0.2, 0.25) is 0 Å². The standard InChI is InChI=1S/C22H21Br2N3O2/c1-12-22(14(3)28)13(2)27(25-12)11-17(29)10-26-20-6-4-15(23)8-18(20)19-9-16(24)5-7-21(19)26/h4-9,17,29H,10-11H2,1-3H3/t17-/m1/s1. The maximum Gasteiger partial charge on any atom is 0.163 e. The van der Waals surface area contributed by atoms with Crippen LogP contribution in [0.15, 0.2) is 45.3 Å². The fourth-order valence-corrected chi connectivity index (χ4v) is 4.82. The molecule has 0 saturated heterocycles. The number of hydrogen-bond donors (Lipinski definition) is 1. The summed E-state index contributed by atoms with van der Waals surface area (Å²) in [4.78, 5) is 11.9. The molecule has 2 aromatic carbocycles. The predicted octanol–water partition coefficient (Wildman–Crippen LogP) is 5.40. The fraction of sp³-hybridized carbons (Fsp3) is 0.273. The van der Waals surface area contributed by atoms with Crippen LogP contribution in [0.25, 0.3) is 21.8 Å². The van der Waals surface area contributed by atoms with Crippen molar-refractivity contribution in [1.82, 2.24) is 14.3 Å². The van der Waals surface area contributed by atoms with Crippen molar-refractivity contribution in [3.8, 4) is 0 Å². The Morgan fingerprint density at radius 3 is 2.07 bits per heavy atom. The van der Waals surface area contributed by atoms with Crippen molar-refractivity contribution in [2.45, 2.75) is 40.0 Å². The molecule has 0 saturated carbocycles. The second-order valence-electron chi connectivity index (χ2n) is 7.37. The Kier molecular flexibility index (Phi) is 5.40. The highest BCUT2D eigenvalue weighted by atomic mass is 79.9. The molecule has 0 fully saturated rings. The van der Waals surface area contributed by atoms with Crippen molar-refractivity contribution in [3.63, 3.8) is 0 Å². The number of ketones is 1. The van der Waals surface area contributed by atoms with E-state index in [1.165, 1.54) is 0 Å². The van der Waals surface area contributed by atoms with Gasteiger partial charge in [-0.3, -0.25) is 9.48 Å². The first-order valence-corrected chi connectivity index (χ1v) is 10.9. The first-order valence-electron chi connectivity index (χ1n) is 9.36. The Morgan fingerprint density at radius 2 is 1.59 bits per heavy atom. The summed E-state index contributed by atoms with van der Waals surface area (Å²) in [7, 11) is 0. The third-order valence-corrected chi connectivity index (χ3v) is 6.29. The number of Topliss-reactive ketones (excluding diaryl/α,β-unsaturated/α-hetero) is 1. The second kappa shape index (κ2) is 7.70. The zero-order valence-corrected chi connectivity index (χ0v) is 19.6. The topological polar surface area (TPSA) is 60.1 Å². The lowest BCUT2D eigenvalue weighted by atomic mass is 10.1. The van der Waals surface area contributed by atoms with Gasteiger partial charge in [0.1, 0.15) is 0 Å². The van der Waals surface area contributed by atoms with Gasteiger partial charge < -0.3 is 9.67 Å². The fourth-order valence-electron chi connectivity index (χ4n) is 4.10. The molecule has 0 amide bonds. The van der Waals surface area contributed by atoms with Gasteiger partial charge in [-0.1, -0.05) is 31.9 Å². The van der Waals surface area contributed by atoms with Crippen LogP contribution in [0.4, 0.5) is 0 Å². The van der Waals surface area contributed by atoms with Gasteiger partial charge in [-0.2, -0.15) is 5.10 Å². The van der Waals surface area contributed by atoms with Gasteiger partial charge >= 0.3 is 0 Å². The minimum Gasteiger partial charge on any atom is -0.389 e. The quantitative estimate of drug-likeness (QED) is 0.360. The zero-order valence-electron chi connectivity index (χ0n) is 16.4. The summed E-state index contributed by atoms with van der Waals surface area (Å²) in [5.41, 5.74) is 4.28. The summed E-state index contributed by atoms with van der Waals surface area (Å²) in [5.74, 6) is -0.000656. The van der Waals surface area contributed by atoms with Crippen LogP contribution in [0.2, 0.25) is 0 Å². The summed E-state index contributed by atoms with van der Waals surface area (Å²) in [6.45, 7) is 6.01. The lowest BCUT2D eigenvalue weighted by molar-refractivity contribution is 0.101. The van der Waals surface area contributed by atoms with Crippen molar-refractivity contribution in [3.05, 3.63) is 62.3 Å². The van der Waals surface area contributed by atoms with Crippen molar-refractivity contribution >= 4 is 59.4 Å². The highest BCUT2D eigenvalue weighted by molar-refractivity contribution is 9.10. The third-order valence-electron chi connectivity index (χ3n) is 5.30. The Bertz CT molecular complexity index is 1200. The molecule has 150 valence electrons. The second-order valence-corrected chi connectivity index (χ2v) is 9.20. The molecule has 4 aromatic rings. The molecule has 0 radical (unpaired) electrons. The number of aromatic nitrogens is 3. The molecule has 7 heteroatoms. The minimum atomic E-state index is -0.654. The van der Waals surface area contributed by atoms with E-state index in [-0.39, 0.29) is 5.78 Å². The molecule has 0 aliphatic heterocycles. The molecule has 2 heterocycles. The number of fused-ring (bicyclic) bond motifs is 3. The average Bonchev–Trinajstić information content (AvgIpc) is 3.08. The lowest BCUT2D eigenvalue weighted by Gasteiger charge is -2.15. The van der Waals surface area contributed by atoms with Gasteiger partial charge in [-0.15, -0.1) is 0 Å². The van der Waals surface area contributed by atoms with Gasteiger partial charge in [0.15, 0.2) is 5.78 Å². The molecule has 29 heavy (non-hydrogen) atoms. The van der Waals surface area contributed by atoms with Crippen molar-refractivity contribution in [2.24, 2.45) is 0 Å². The van der Waals surface area contributed by atoms with E-state index in [1.54, 1.807) is 11.6 Å². The number of carbonyl (C=O) groups is 1.